The summed E-state index contributed by atoms with van der Waals surface area (Å²) in [6, 6.07) is 0. The molecule has 0 aliphatic rings. The van der Waals surface area contributed by atoms with Gasteiger partial charge in [-0.2, -0.15) is 0 Å². The maximum atomic E-state index is 13.0. The van der Waals surface area contributed by atoms with Crippen molar-refractivity contribution < 1.29 is 42.9 Å². The predicted molar refractivity (Wildman–Crippen MR) is 392 cm³/mol. The van der Waals surface area contributed by atoms with E-state index in [-0.39, 0.29) is 38.2 Å². The first-order chi connectivity index (χ1) is 44.6. The molecule has 0 heterocycles. The molecule has 0 aromatic rings. The second kappa shape index (κ2) is 73.1. The van der Waals surface area contributed by atoms with Crippen LogP contribution in [0.15, 0.2) is 48.6 Å². The highest BCUT2D eigenvalue weighted by molar-refractivity contribution is 5.71. The number of ether oxygens (including phenoxy) is 4. The first kappa shape index (κ1) is 88.2. The van der Waals surface area contributed by atoms with Gasteiger partial charge in [0.15, 0.2) is 6.10 Å². The maximum absolute atomic E-state index is 13.0. The number of unbranched alkanes of at least 4 members (excludes halogenated alkanes) is 52. The molecule has 0 spiro atoms. The lowest BCUT2D eigenvalue weighted by Gasteiger charge is -2.25. The summed E-state index contributed by atoms with van der Waals surface area (Å²) in [6.07, 6.45) is 92.7. The Morgan fingerprint density at radius 1 is 0.330 bits per heavy atom. The lowest BCUT2D eigenvalue weighted by Crippen LogP contribution is -2.40. The monoisotopic (exact) mass is 1280 g/mol. The van der Waals surface area contributed by atoms with Crippen LogP contribution in [0.25, 0.3) is 0 Å². The zero-order valence-corrected chi connectivity index (χ0v) is 61.3. The number of hydrogen-bond donors (Lipinski definition) is 1. The summed E-state index contributed by atoms with van der Waals surface area (Å²) in [7, 11) is 6.00. The Labute approximate surface area is 565 Å². The molecule has 0 saturated carbocycles. The van der Waals surface area contributed by atoms with Gasteiger partial charge in [0.05, 0.1) is 34.4 Å². The molecule has 91 heavy (non-hydrogen) atoms. The second-order valence-corrected chi connectivity index (χ2v) is 28.4. The maximum Gasteiger partial charge on any atom is 0.361 e. The van der Waals surface area contributed by atoms with Crippen LogP contribution < -0.4 is 0 Å². The van der Waals surface area contributed by atoms with Gasteiger partial charge in [-0.1, -0.05) is 358 Å². The zero-order valence-electron chi connectivity index (χ0n) is 61.3. The van der Waals surface area contributed by atoms with Crippen molar-refractivity contribution >= 4 is 17.9 Å². The van der Waals surface area contributed by atoms with Crippen LogP contribution in [0.1, 0.15) is 399 Å². The number of rotatable bonds is 75. The molecule has 1 N–H and O–H groups in total. The van der Waals surface area contributed by atoms with E-state index in [1.807, 2.05) is 21.1 Å². The fourth-order valence-corrected chi connectivity index (χ4v) is 12.0. The number of allylic oxidation sites excluding steroid dienone is 8. The summed E-state index contributed by atoms with van der Waals surface area (Å²) >= 11 is 0. The van der Waals surface area contributed by atoms with Gasteiger partial charge in [-0.25, -0.2) is 4.79 Å². The van der Waals surface area contributed by atoms with Gasteiger partial charge in [0.25, 0.3) is 6.29 Å². The molecular formula is C82H154NO8+. The van der Waals surface area contributed by atoms with Gasteiger partial charge in [0.2, 0.25) is 0 Å². The number of nitrogens with zero attached hydrogens (tertiary/aromatic N) is 1. The van der Waals surface area contributed by atoms with Crippen molar-refractivity contribution in [1.29, 1.82) is 0 Å². The van der Waals surface area contributed by atoms with Crippen molar-refractivity contribution in [2.24, 2.45) is 0 Å². The summed E-state index contributed by atoms with van der Waals surface area (Å²) in [5.74, 6) is -1.98. The van der Waals surface area contributed by atoms with Gasteiger partial charge >= 0.3 is 17.9 Å². The van der Waals surface area contributed by atoms with Crippen molar-refractivity contribution in [2.75, 3.05) is 47.5 Å². The standard InChI is InChI=1S/C82H153NO8/c1-6-8-10-12-14-16-18-20-22-24-26-28-30-32-34-36-38-39-40-41-43-44-46-48-50-52-54-56-58-60-62-64-66-68-70-72-79(84)89-76-78(77-90-82(81(86)87)88-75-74-83(3,4)5)91-80(85)73-71-69-67-65-63-61-59-57-55-53-51-49-47-45-42-37-35-33-31-29-27-25-23-21-19-17-15-13-11-9-7-2/h19,21,24-27,31,33,78,82H,6-18,20,22-23,28-30,32,34-77H2,1-5H3/p+1/b21-19-,26-24-,27-25-,33-31-. The first-order valence-corrected chi connectivity index (χ1v) is 39.8. The van der Waals surface area contributed by atoms with Crippen molar-refractivity contribution in [2.45, 2.75) is 411 Å². The second-order valence-electron chi connectivity index (χ2n) is 28.4. The number of carbonyl (C=O) groups is 3. The molecule has 0 radical (unpaired) electrons. The largest absolute Gasteiger partial charge is 0.477 e. The Bertz CT molecular complexity index is 1630. The molecule has 0 saturated heterocycles. The fraction of sp³-hybridized carbons (Fsp3) is 0.866. The van der Waals surface area contributed by atoms with Crippen LogP contribution >= 0.6 is 0 Å². The average molecular weight is 1280 g/mol. The molecule has 0 aromatic heterocycles. The van der Waals surface area contributed by atoms with Gasteiger partial charge in [-0.15, -0.1) is 0 Å². The Balaban J connectivity index is 3.99. The van der Waals surface area contributed by atoms with Gasteiger partial charge in [-0.3, -0.25) is 9.59 Å². The highest BCUT2D eigenvalue weighted by Crippen LogP contribution is 2.19. The number of quaternary nitrogens is 1. The van der Waals surface area contributed by atoms with Crippen LogP contribution in [-0.4, -0.2) is 87.4 Å². The molecule has 0 amide bonds. The van der Waals surface area contributed by atoms with Crippen molar-refractivity contribution in [1.82, 2.24) is 0 Å². The lowest BCUT2D eigenvalue weighted by molar-refractivity contribution is -0.870. The average Bonchev–Trinajstić information content (AvgIpc) is 3.65. The minimum atomic E-state index is -1.51. The van der Waals surface area contributed by atoms with Gasteiger partial charge in [0.1, 0.15) is 13.2 Å². The van der Waals surface area contributed by atoms with Gasteiger partial charge in [0, 0.05) is 12.8 Å². The first-order valence-electron chi connectivity index (χ1n) is 39.8. The van der Waals surface area contributed by atoms with E-state index in [2.05, 4.69) is 62.5 Å². The number of aliphatic carboxylic acids is 1. The zero-order chi connectivity index (χ0) is 66.1. The third kappa shape index (κ3) is 74.5. The summed E-state index contributed by atoms with van der Waals surface area (Å²) in [5, 5.41) is 9.77. The number of hydrogen-bond acceptors (Lipinski definition) is 7. The molecule has 0 aromatic carbocycles. The third-order valence-corrected chi connectivity index (χ3v) is 18.1. The Kier molecular flexibility index (Phi) is 70.9. The summed E-state index contributed by atoms with van der Waals surface area (Å²) < 4.78 is 23.1. The van der Waals surface area contributed by atoms with Crippen molar-refractivity contribution in [3.05, 3.63) is 48.6 Å². The van der Waals surface area contributed by atoms with E-state index in [0.29, 0.717) is 17.4 Å². The summed E-state index contributed by atoms with van der Waals surface area (Å²) in [6.45, 7) is 4.94. The van der Waals surface area contributed by atoms with Crippen molar-refractivity contribution in [3.8, 4) is 0 Å². The number of carboxylic acid groups (broad SMARTS) is 1. The van der Waals surface area contributed by atoms with Gasteiger partial charge < -0.3 is 28.5 Å². The van der Waals surface area contributed by atoms with E-state index in [1.54, 1.807) is 0 Å². The van der Waals surface area contributed by atoms with E-state index in [9.17, 15) is 19.5 Å². The molecule has 2 unspecified atom stereocenters. The minimum absolute atomic E-state index is 0.177. The molecule has 2 atom stereocenters. The summed E-state index contributed by atoms with van der Waals surface area (Å²) in [4.78, 5) is 37.7. The molecule has 534 valence electrons. The van der Waals surface area contributed by atoms with E-state index >= 15 is 0 Å². The van der Waals surface area contributed by atoms with E-state index < -0.39 is 18.4 Å². The molecule has 0 aliphatic carbocycles. The van der Waals surface area contributed by atoms with E-state index in [4.69, 9.17) is 18.9 Å². The van der Waals surface area contributed by atoms with Crippen LogP contribution in [-0.2, 0) is 33.3 Å². The highest BCUT2D eigenvalue weighted by atomic mass is 16.7. The molecule has 9 nitrogen and oxygen atoms in total. The quantitative estimate of drug-likeness (QED) is 0.0211. The highest BCUT2D eigenvalue weighted by Gasteiger charge is 2.25. The van der Waals surface area contributed by atoms with E-state index in [0.717, 1.165) is 51.4 Å². The molecular weight excluding hydrogens is 1130 g/mol. The molecule has 0 bridgehead atoms. The van der Waals surface area contributed by atoms with Crippen LogP contribution in [0, 0.1) is 0 Å². The number of likely N-dealkylation sites (N-methyl/N-ethyl adjacent to an activating group) is 1. The van der Waals surface area contributed by atoms with Gasteiger partial charge in [-0.05, 0) is 77.0 Å². The summed E-state index contributed by atoms with van der Waals surface area (Å²) in [5.41, 5.74) is 0. The fourth-order valence-electron chi connectivity index (χ4n) is 12.0. The normalized spacial score (nSPS) is 12.8. The SMILES string of the molecule is CCCCCCC/C=C\C/C=C\C/C=C\CCCCCCCCCCCCCCCCCCC(=O)OC(COC(=O)CCCCCCCCCCCCCCCCCCCCCCCCC/C=C\CCCCCCCCCC)COC(OCC[N+](C)(C)C)C(=O)O. The Hall–Kier alpha value is -2.75. The van der Waals surface area contributed by atoms with Crippen LogP contribution in [0.3, 0.4) is 0 Å². The van der Waals surface area contributed by atoms with E-state index in [1.165, 1.54) is 321 Å². The topological polar surface area (TPSA) is 108 Å². The third-order valence-electron chi connectivity index (χ3n) is 18.1. The van der Waals surface area contributed by atoms with Crippen LogP contribution in [0.2, 0.25) is 0 Å². The molecule has 0 fully saturated rings. The number of carboxylic acids is 1. The predicted octanol–water partition coefficient (Wildman–Crippen LogP) is 25.3. The minimum Gasteiger partial charge on any atom is -0.477 e. The molecule has 9 heteroatoms. The lowest BCUT2D eigenvalue weighted by atomic mass is 10.0. The number of esters is 2. The molecule has 0 rings (SSSR count). The van der Waals surface area contributed by atoms with Crippen molar-refractivity contribution in [3.63, 3.8) is 0 Å². The Morgan fingerprint density at radius 2 is 0.593 bits per heavy atom. The smallest absolute Gasteiger partial charge is 0.361 e. The van der Waals surface area contributed by atoms with Crippen LogP contribution in [0.5, 0.6) is 0 Å². The Morgan fingerprint density at radius 3 is 0.890 bits per heavy atom. The van der Waals surface area contributed by atoms with Crippen LogP contribution in [0.4, 0.5) is 0 Å². The number of carbonyl (C=O) groups excluding carboxylic acids is 2. The molecule has 0 aliphatic heterocycles.